The Morgan fingerprint density at radius 1 is 1.31 bits per heavy atom. The van der Waals surface area contributed by atoms with Crippen LogP contribution in [0.2, 0.25) is 0 Å². The topological polar surface area (TPSA) is 86.2 Å². The summed E-state index contributed by atoms with van der Waals surface area (Å²) in [6.45, 7) is 0. The average Bonchev–Trinajstić information content (AvgIpc) is 2.17. The lowest BCUT2D eigenvalue weighted by atomic mass is 9.93. The van der Waals surface area contributed by atoms with Crippen molar-refractivity contribution in [2.45, 2.75) is 18.8 Å². The third-order valence-corrected chi connectivity index (χ3v) is 2.27. The molecule has 0 fully saturated rings. The summed E-state index contributed by atoms with van der Waals surface area (Å²) in [6.07, 6.45) is 0.248. The van der Waals surface area contributed by atoms with E-state index in [-0.39, 0.29) is 12.8 Å². The van der Waals surface area contributed by atoms with Crippen molar-refractivity contribution in [2.75, 3.05) is 0 Å². The second kappa shape index (κ2) is 5.25. The standard InChI is InChI=1S/C11H13FN2O2/c12-8-3-1-2-7(6-8)9(11(14)16)4-5-10(13)15/h1-3,6,9H,4-5H2,(H2,13,15)(H2,14,16). The number of carbonyl (C=O) groups excluding carboxylic acids is 2. The van der Waals surface area contributed by atoms with Crippen LogP contribution in [0.1, 0.15) is 24.3 Å². The summed E-state index contributed by atoms with van der Waals surface area (Å²) >= 11 is 0. The molecule has 0 bridgehead atoms. The number of benzene rings is 1. The van der Waals surface area contributed by atoms with Gasteiger partial charge in [-0.2, -0.15) is 0 Å². The molecular weight excluding hydrogens is 211 g/mol. The summed E-state index contributed by atoms with van der Waals surface area (Å²) < 4.78 is 12.9. The van der Waals surface area contributed by atoms with E-state index >= 15 is 0 Å². The maximum atomic E-state index is 12.9. The van der Waals surface area contributed by atoms with Crippen molar-refractivity contribution in [3.8, 4) is 0 Å². The van der Waals surface area contributed by atoms with Gasteiger partial charge >= 0.3 is 0 Å². The lowest BCUT2D eigenvalue weighted by Gasteiger charge is -2.12. The van der Waals surface area contributed by atoms with Crippen molar-refractivity contribution < 1.29 is 14.0 Å². The molecule has 0 spiro atoms. The molecule has 4 N–H and O–H groups in total. The van der Waals surface area contributed by atoms with Gasteiger partial charge in [0, 0.05) is 6.42 Å². The highest BCUT2D eigenvalue weighted by Gasteiger charge is 2.18. The Hall–Kier alpha value is -1.91. The summed E-state index contributed by atoms with van der Waals surface area (Å²) in [5.41, 5.74) is 10.6. The molecule has 1 aromatic rings. The van der Waals surface area contributed by atoms with Crippen LogP contribution in [0.3, 0.4) is 0 Å². The van der Waals surface area contributed by atoms with Crippen molar-refractivity contribution in [3.05, 3.63) is 35.6 Å². The van der Waals surface area contributed by atoms with E-state index in [1.807, 2.05) is 0 Å². The van der Waals surface area contributed by atoms with E-state index in [0.29, 0.717) is 5.56 Å². The van der Waals surface area contributed by atoms with Crippen LogP contribution in [0.4, 0.5) is 4.39 Å². The number of nitrogens with two attached hydrogens (primary N) is 2. The third kappa shape index (κ3) is 3.34. The normalized spacial score (nSPS) is 12.1. The Labute approximate surface area is 92.4 Å². The molecule has 0 radical (unpaired) electrons. The van der Waals surface area contributed by atoms with E-state index in [9.17, 15) is 14.0 Å². The highest BCUT2D eigenvalue weighted by molar-refractivity contribution is 5.83. The van der Waals surface area contributed by atoms with Gasteiger partial charge in [0.05, 0.1) is 5.92 Å². The fourth-order valence-corrected chi connectivity index (χ4v) is 1.48. The van der Waals surface area contributed by atoms with Gasteiger partial charge in [0.2, 0.25) is 11.8 Å². The maximum Gasteiger partial charge on any atom is 0.224 e. The number of primary amides is 2. The van der Waals surface area contributed by atoms with Crippen molar-refractivity contribution in [1.82, 2.24) is 0 Å². The Bertz CT molecular complexity index is 407. The number of rotatable bonds is 5. The van der Waals surface area contributed by atoms with E-state index in [0.717, 1.165) is 0 Å². The Morgan fingerprint density at radius 3 is 2.50 bits per heavy atom. The molecule has 4 nitrogen and oxygen atoms in total. The van der Waals surface area contributed by atoms with Crippen molar-refractivity contribution in [3.63, 3.8) is 0 Å². The summed E-state index contributed by atoms with van der Waals surface area (Å²) in [6, 6.07) is 5.59. The quantitative estimate of drug-likeness (QED) is 0.769. The summed E-state index contributed by atoms with van der Waals surface area (Å²) in [5, 5.41) is 0. The molecule has 0 saturated heterocycles. The van der Waals surface area contributed by atoms with E-state index in [1.165, 1.54) is 18.2 Å². The monoisotopic (exact) mass is 224 g/mol. The molecule has 0 aromatic heterocycles. The van der Waals surface area contributed by atoms with Crippen molar-refractivity contribution >= 4 is 11.8 Å². The minimum absolute atomic E-state index is 0.0458. The van der Waals surface area contributed by atoms with Gasteiger partial charge in [-0.15, -0.1) is 0 Å². The predicted octanol–water partition coefficient (Wildman–Crippen LogP) is 0.660. The molecule has 1 atom stereocenters. The summed E-state index contributed by atoms with van der Waals surface area (Å²) in [5.74, 6) is -2.22. The molecule has 1 unspecified atom stereocenters. The molecule has 0 saturated carbocycles. The van der Waals surface area contributed by atoms with E-state index in [1.54, 1.807) is 6.07 Å². The van der Waals surface area contributed by atoms with Crippen LogP contribution in [-0.2, 0) is 9.59 Å². The molecule has 0 aliphatic rings. The minimum atomic E-state index is -0.678. The van der Waals surface area contributed by atoms with Gasteiger partial charge < -0.3 is 11.5 Å². The highest BCUT2D eigenvalue weighted by atomic mass is 19.1. The molecule has 86 valence electrons. The Morgan fingerprint density at radius 2 is 2.00 bits per heavy atom. The molecule has 1 aromatic carbocycles. The van der Waals surface area contributed by atoms with Gasteiger partial charge in [0.1, 0.15) is 5.82 Å². The van der Waals surface area contributed by atoms with Gasteiger partial charge in [-0.05, 0) is 24.1 Å². The van der Waals surface area contributed by atoms with E-state index in [4.69, 9.17) is 11.5 Å². The van der Waals surface area contributed by atoms with Crippen LogP contribution in [0.25, 0.3) is 0 Å². The highest BCUT2D eigenvalue weighted by Crippen LogP contribution is 2.21. The van der Waals surface area contributed by atoms with Gasteiger partial charge in [-0.25, -0.2) is 4.39 Å². The second-order valence-electron chi connectivity index (χ2n) is 3.51. The minimum Gasteiger partial charge on any atom is -0.370 e. The Kier molecular flexibility index (Phi) is 3.99. The zero-order chi connectivity index (χ0) is 12.1. The molecule has 2 amide bonds. The van der Waals surface area contributed by atoms with E-state index < -0.39 is 23.5 Å². The predicted molar refractivity (Wildman–Crippen MR) is 56.8 cm³/mol. The first-order chi connectivity index (χ1) is 7.50. The lowest BCUT2D eigenvalue weighted by molar-refractivity contribution is -0.120. The van der Waals surface area contributed by atoms with Gasteiger partial charge in [-0.1, -0.05) is 12.1 Å². The fraction of sp³-hybridized carbons (Fsp3) is 0.273. The van der Waals surface area contributed by atoms with Crippen LogP contribution in [0, 0.1) is 5.82 Å². The number of halogens is 1. The number of carbonyl (C=O) groups is 2. The van der Waals surface area contributed by atoms with Gasteiger partial charge in [0.15, 0.2) is 0 Å². The zero-order valence-electron chi connectivity index (χ0n) is 8.65. The maximum absolute atomic E-state index is 12.9. The number of hydrogen-bond acceptors (Lipinski definition) is 2. The smallest absolute Gasteiger partial charge is 0.224 e. The van der Waals surface area contributed by atoms with Crippen LogP contribution < -0.4 is 11.5 Å². The first-order valence-electron chi connectivity index (χ1n) is 4.84. The number of amides is 2. The molecule has 5 heteroatoms. The largest absolute Gasteiger partial charge is 0.370 e. The lowest BCUT2D eigenvalue weighted by Crippen LogP contribution is -2.23. The molecule has 0 heterocycles. The van der Waals surface area contributed by atoms with Crippen molar-refractivity contribution in [1.29, 1.82) is 0 Å². The first kappa shape index (κ1) is 12.2. The molecule has 0 aliphatic carbocycles. The molecular formula is C11H13FN2O2. The van der Waals surface area contributed by atoms with Crippen LogP contribution in [0.15, 0.2) is 24.3 Å². The van der Waals surface area contributed by atoms with Crippen LogP contribution in [0.5, 0.6) is 0 Å². The van der Waals surface area contributed by atoms with Crippen LogP contribution in [-0.4, -0.2) is 11.8 Å². The van der Waals surface area contributed by atoms with Gasteiger partial charge in [0.25, 0.3) is 0 Å². The summed E-state index contributed by atoms with van der Waals surface area (Å²) in [7, 11) is 0. The summed E-state index contributed by atoms with van der Waals surface area (Å²) in [4.78, 5) is 21.8. The third-order valence-electron chi connectivity index (χ3n) is 2.27. The van der Waals surface area contributed by atoms with Gasteiger partial charge in [-0.3, -0.25) is 9.59 Å². The fourth-order valence-electron chi connectivity index (χ4n) is 1.48. The SMILES string of the molecule is NC(=O)CCC(C(N)=O)c1cccc(F)c1. The first-order valence-corrected chi connectivity index (χ1v) is 4.84. The molecule has 16 heavy (non-hydrogen) atoms. The van der Waals surface area contributed by atoms with Crippen molar-refractivity contribution in [2.24, 2.45) is 11.5 Å². The Balaban J connectivity index is 2.85. The van der Waals surface area contributed by atoms with E-state index in [2.05, 4.69) is 0 Å². The van der Waals surface area contributed by atoms with Crippen LogP contribution >= 0.6 is 0 Å². The molecule has 0 aliphatic heterocycles. The molecule has 1 rings (SSSR count). The average molecular weight is 224 g/mol. The zero-order valence-corrected chi connectivity index (χ0v) is 8.65. The second-order valence-corrected chi connectivity index (χ2v) is 3.51. The number of hydrogen-bond donors (Lipinski definition) is 2.